The van der Waals surface area contributed by atoms with Crippen LogP contribution < -0.4 is 5.32 Å². The van der Waals surface area contributed by atoms with Gasteiger partial charge in [0.15, 0.2) is 0 Å². The SMILES string of the molecule is Cc1ccc(C(C)NC2CC(C)C2)c(O)c1. The van der Waals surface area contributed by atoms with Gasteiger partial charge < -0.3 is 10.4 Å². The fourth-order valence-electron chi connectivity index (χ4n) is 2.50. The van der Waals surface area contributed by atoms with Crippen molar-refractivity contribution in [2.24, 2.45) is 5.92 Å². The lowest BCUT2D eigenvalue weighted by atomic mass is 9.81. The van der Waals surface area contributed by atoms with Gasteiger partial charge in [-0.3, -0.25) is 0 Å². The van der Waals surface area contributed by atoms with Gasteiger partial charge in [0.25, 0.3) is 0 Å². The van der Waals surface area contributed by atoms with Crippen molar-refractivity contribution >= 4 is 0 Å². The third-order valence-electron chi connectivity index (χ3n) is 3.51. The van der Waals surface area contributed by atoms with Crippen molar-refractivity contribution < 1.29 is 5.11 Å². The van der Waals surface area contributed by atoms with Crippen LogP contribution in [0, 0.1) is 12.8 Å². The van der Waals surface area contributed by atoms with Gasteiger partial charge in [0, 0.05) is 17.6 Å². The van der Waals surface area contributed by atoms with E-state index in [0.29, 0.717) is 11.8 Å². The Morgan fingerprint density at radius 3 is 2.62 bits per heavy atom. The first-order valence-electron chi connectivity index (χ1n) is 6.12. The standard InChI is InChI=1S/C14H21NO/c1-9-4-5-13(14(16)8-9)11(3)15-12-6-10(2)7-12/h4-5,8,10-12,15-16H,6-7H2,1-3H3. The van der Waals surface area contributed by atoms with Crippen LogP contribution in [-0.4, -0.2) is 11.1 Å². The van der Waals surface area contributed by atoms with Gasteiger partial charge >= 0.3 is 0 Å². The minimum atomic E-state index is 0.234. The molecule has 2 heteroatoms. The van der Waals surface area contributed by atoms with Crippen molar-refractivity contribution in [2.45, 2.75) is 45.7 Å². The molecular formula is C14H21NO. The fourth-order valence-corrected chi connectivity index (χ4v) is 2.50. The summed E-state index contributed by atoms with van der Waals surface area (Å²) in [5.41, 5.74) is 2.11. The lowest BCUT2D eigenvalue weighted by Gasteiger charge is -2.36. The van der Waals surface area contributed by atoms with Crippen LogP contribution in [0.5, 0.6) is 5.75 Å². The van der Waals surface area contributed by atoms with E-state index in [9.17, 15) is 5.11 Å². The summed E-state index contributed by atoms with van der Waals surface area (Å²) in [6.45, 7) is 6.40. The molecule has 2 rings (SSSR count). The summed E-state index contributed by atoms with van der Waals surface area (Å²) in [4.78, 5) is 0. The molecule has 1 aliphatic rings. The average Bonchev–Trinajstić information content (AvgIpc) is 2.15. The molecule has 1 aromatic rings. The number of aryl methyl sites for hydroxylation is 1. The van der Waals surface area contributed by atoms with Crippen molar-refractivity contribution in [2.75, 3.05) is 0 Å². The number of aromatic hydroxyl groups is 1. The Hall–Kier alpha value is -1.02. The maximum absolute atomic E-state index is 9.88. The van der Waals surface area contributed by atoms with E-state index in [0.717, 1.165) is 17.0 Å². The van der Waals surface area contributed by atoms with Crippen LogP contribution in [0.15, 0.2) is 18.2 Å². The van der Waals surface area contributed by atoms with Crippen LogP contribution in [0.2, 0.25) is 0 Å². The van der Waals surface area contributed by atoms with Crippen LogP contribution in [-0.2, 0) is 0 Å². The summed E-state index contributed by atoms with van der Waals surface area (Å²) in [7, 11) is 0. The molecular weight excluding hydrogens is 198 g/mol. The highest BCUT2D eigenvalue weighted by Crippen LogP contribution is 2.31. The third-order valence-corrected chi connectivity index (χ3v) is 3.51. The highest BCUT2D eigenvalue weighted by Gasteiger charge is 2.26. The van der Waals surface area contributed by atoms with E-state index in [1.807, 2.05) is 19.1 Å². The lowest BCUT2D eigenvalue weighted by molar-refractivity contribution is 0.225. The molecule has 2 nitrogen and oxygen atoms in total. The van der Waals surface area contributed by atoms with E-state index in [4.69, 9.17) is 0 Å². The van der Waals surface area contributed by atoms with Crippen LogP contribution >= 0.6 is 0 Å². The minimum Gasteiger partial charge on any atom is -0.508 e. The molecule has 0 bridgehead atoms. The Labute approximate surface area is 97.7 Å². The predicted molar refractivity (Wildman–Crippen MR) is 66.6 cm³/mol. The highest BCUT2D eigenvalue weighted by molar-refractivity contribution is 5.37. The first-order chi connectivity index (χ1) is 7.56. The van der Waals surface area contributed by atoms with E-state index in [2.05, 4.69) is 25.2 Å². The molecule has 88 valence electrons. The molecule has 0 spiro atoms. The number of hydrogen-bond acceptors (Lipinski definition) is 2. The largest absolute Gasteiger partial charge is 0.508 e. The van der Waals surface area contributed by atoms with Crippen molar-refractivity contribution in [1.82, 2.24) is 5.32 Å². The molecule has 0 amide bonds. The van der Waals surface area contributed by atoms with Gasteiger partial charge in [0.05, 0.1) is 0 Å². The van der Waals surface area contributed by atoms with Gasteiger partial charge in [-0.1, -0.05) is 19.1 Å². The normalized spacial score (nSPS) is 26.2. The maximum atomic E-state index is 9.88. The second-order valence-electron chi connectivity index (χ2n) is 5.22. The number of hydrogen-bond donors (Lipinski definition) is 2. The molecule has 0 saturated heterocycles. The lowest BCUT2D eigenvalue weighted by Crippen LogP contribution is -2.41. The molecule has 1 aliphatic carbocycles. The van der Waals surface area contributed by atoms with E-state index >= 15 is 0 Å². The molecule has 0 radical (unpaired) electrons. The van der Waals surface area contributed by atoms with Crippen LogP contribution in [0.1, 0.15) is 43.9 Å². The zero-order valence-electron chi connectivity index (χ0n) is 10.3. The quantitative estimate of drug-likeness (QED) is 0.818. The van der Waals surface area contributed by atoms with Gasteiger partial charge in [-0.15, -0.1) is 0 Å². The summed E-state index contributed by atoms with van der Waals surface area (Å²) in [6.07, 6.45) is 2.52. The topological polar surface area (TPSA) is 32.3 Å². The molecule has 1 fully saturated rings. The van der Waals surface area contributed by atoms with E-state index in [-0.39, 0.29) is 6.04 Å². The summed E-state index contributed by atoms with van der Waals surface area (Å²) in [5, 5.41) is 13.4. The molecule has 2 N–H and O–H groups in total. The number of nitrogens with one attached hydrogen (secondary N) is 1. The number of benzene rings is 1. The van der Waals surface area contributed by atoms with Crippen LogP contribution in [0.3, 0.4) is 0 Å². The molecule has 0 aromatic heterocycles. The fraction of sp³-hybridized carbons (Fsp3) is 0.571. The zero-order valence-corrected chi connectivity index (χ0v) is 10.3. The molecule has 1 atom stereocenters. The Kier molecular flexibility index (Phi) is 3.20. The number of phenols is 1. The van der Waals surface area contributed by atoms with E-state index in [1.165, 1.54) is 12.8 Å². The smallest absolute Gasteiger partial charge is 0.120 e. The zero-order chi connectivity index (χ0) is 11.7. The van der Waals surface area contributed by atoms with Crippen molar-refractivity contribution in [3.8, 4) is 5.75 Å². The first-order valence-corrected chi connectivity index (χ1v) is 6.12. The van der Waals surface area contributed by atoms with Gasteiger partial charge in [-0.25, -0.2) is 0 Å². The first kappa shape index (κ1) is 11.5. The average molecular weight is 219 g/mol. The Bertz CT molecular complexity index is 369. The van der Waals surface area contributed by atoms with Crippen molar-refractivity contribution in [1.29, 1.82) is 0 Å². The minimum absolute atomic E-state index is 0.234. The van der Waals surface area contributed by atoms with Gasteiger partial charge in [-0.05, 0) is 44.2 Å². The highest BCUT2D eigenvalue weighted by atomic mass is 16.3. The molecule has 1 unspecified atom stereocenters. The third kappa shape index (κ3) is 2.38. The molecule has 1 aromatic carbocycles. The second kappa shape index (κ2) is 4.46. The van der Waals surface area contributed by atoms with Gasteiger partial charge in [0.1, 0.15) is 5.75 Å². The molecule has 16 heavy (non-hydrogen) atoms. The number of rotatable bonds is 3. The summed E-state index contributed by atoms with van der Waals surface area (Å²) in [6, 6.07) is 6.77. The van der Waals surface area contributed by atoms with Crippen LogP contribution in [0.25, 0.3) is 0 Å². The summed E-state index contributed by atoms with van der Waals surface area (Å²) >= 11 is 0. The Balaban J connectivity index is 2.00. The van der Waals surface area contributed by atoms with Crippen molar-refractivity contribution in [3.63, 3.8) is 0 Å². The summed E-state index contributed by atoms with van der Waals surface area (Å²) in [5.74, 6) is 1.27. The molecule has 0 heterocycles. The van der Waals surface area contributed by atoms with Gasteiger partial charge in [0.2, 0.25) is 0 Å². The maximum Gasteiger partial charge on any atom is 0.120 e. The molecule has 1 saturated carbocycles. The van der Waals surface area contributed by atoms with E-state index in [1.54, 1.807) is 0 Å². The van der Waals surface area contributed by atoms with Crippen molar-refractivity contribution in [3.05, 3.63) is 29.3 Å². The Morgan fingerprint density at radius 2 is 2.06 bits per heavy atom. The monoisotopic (exact) mass is 219 g/mol. The van der Waals surface area contributed by atoms with E-state index < -0.39 is 0 Å². The van der Waals surface area contributed by atoms with Crippen LogP contribution in [0.4, 0.5) is 0 Å². The summed E-state index contributed by atoms with van der Waals surface area (Å²) < 4.78 is 0. The molecule has 0 aliphatic heterocycles. The predicted octanol–water partition coefficient (Wildman–Crippen LogP) is 3.15. The second-order valence-corrected chi connectivity index (χ2v) is 5.22. The number of phenolic OH excluding ortho intramolecular Hbond substituents is 1. The Morgan fingerprint density at radius 1 is 1.38 bits per heavy atom. The van der Waals surface area contributed by atoms with Gasteiger partial charge in [-0.2, -0.15) is 0 Å².